The van der Waals surface area contributed by atoms with Crippen LogP contribution in [0.2, 0.25) is 0 Å². The molecule has 3 N–H and O–H groups in total. The van der Waals surface area contributed by atoms with Crippen LogP contribution in [0, 0.1) is 5.82 Å². The summed E-state index contributed by atoms with van der Waals surface area (Å²) in [7, 11) is 4.70. The van der Waals surface area contributed by atoms with E-state index in [1.54, 1.807) is 31.6 Å². The summed E-state index contributed by atoms with van der Waals surface area (Å²) >= 11 is 0. The second-order valence-corrected chi connectivity index (χ2v) is 7.60. The maximum atomic E-state index is 14.4. The summed E-state index contributed by atoms with van der Waals surface area (Å²) < 4.78 is 21.1. The predicted molar refractivity (Wildman–Crippen MR) is 126 cm³/mol. The Morgan fingerprint density at radius 3 is 2.67 bits per heavy atom. The largest absolute Gasteiger partial charge is 0.467 e. The summed E-state index contributed by atoms with van der Waals surface area (Å²) in [5.74, 6) is -0.881. The molecule has 33 heavy (non-hydrogen) atoms. The van der Waals surface area contributed by atoms with Crippen molar-refractivity contribution in [3.63, 3.8) is 0 Å². The van der Waals surface area contributed by atoms with Crippen LogP contribution in [0.1, 0.15) is 23.2 Å². The molecule has 2 aromatic carbocycles. The first-order valence-electron chi connectivity index (χ1n) is 10.6. The molecule has 2 aromatic heterocycles. The minimum atomic E-state index is -0.494. The number of rotatable bonds is 4. The summed E-state index contributed by atoms with van der Waals surface area (Å²) in [5.41, 5.74) is 6.97. The minimum absolute atomic E-state index is 0.183. The number of nitrogens with zero attached hydrogens (tertiary/aromatic N) is 5. The van der Waals surface area contributed by atoms with Gasteiger partial charge in [0.25, 0.3) is 5.91 Å². The first kappa shape index (κ1) is 22.4. The van der Waals surface area contributed by atoms with E-state index in [4.69, 9.17) is 4.74 Å². The predicted octanol–water partition coefficient (Wildman–Crippen LogP) is 3.09. The molecule has 0 unspecified atom stereocenters. The minimum Gasteiger partial charge on any atom is -0.467 e. The molecule has 10 heteroatoms. The van der Waals surface area contributed by atoms with Crippen molar-refractivity contribution in [2.24, 2.45) is 12.8 Å². The van der Waals surface area contributed by atoms with Gasteiger partial charge in [-0.2, -0.15) is 10.1 Å². The van der Waals surface area contributed by atoms with Crippen molar-refractivity contribution < 1.29 is 13.9 Å². The molecule has 0 atom stereocenters. The molecular formula is C23H26FN7O2. The van der Waals surface area contributed by atoms with Gasteiger partial charge in [-0.3, -0.25) is 9.48 Å². The highest BCUT2D eigenvalue weighted by molar-refractivity contribution is 6.14. The molecule has 1 aliphatic heterocycles. The summed E-state index contributed by atoms with van der Waals surface area (Å²) in [5, 5.41) is 8.27. The second kappa shape index (κ2) is 9.37. The Morgan fingerprint density at radius 2 is 1.94 bits per heavy atom. The van der Waals surface area contributed by atoms with Crippen molar-refractivity contribution in [2.75, 3.05) is 37.5 Å². The fourth-order valence-corrected chi connectivity index (χ4v) is 4.09. The van der Waals surface area contributed by atoms with E-state index in [0.717, 1.165) is 37.0 Å². The Bertz CT molecular complexity index is 1320. The van der Waals surface area contributed by atoms with E-state index in [1.165, 1.54) is 24.9 Å². The number of hydrogen-bond acceptors (Lipinski definition) is 7. The summed E-state index contributed by atoms with van der Waals surface area (Å²) in [6, 6.07) is 6.81. The Hall–Kier alpha value is -3.79. The number of ether oxygens (including phenoxy) is 1. The molecule has 0 radical (unpaired) electrons. The summed E-state index contributed by atoms with van der Waals surface area (Å²) in [6.45, 7) is 1.91. The lowest BCUT2D eigenvalue weighted by molar-refractivity contribution is 0.102. The van der Waals surface area contributed by atoms with Crippen LogP contribution in [-0.2, 0) is 7.05 Å². The fourth-order valence-electron chi connectivity index (χ4n) is 4.09. The van der Waals surface area contributed by atoms with E-state index in [1.807, 2.05) is 6.07 Å². The van der Waals surface area contributed by atoms with Gasteiger partial charge in [0.1, 0.15) is 5.52 Å². The molecule has 1 aliphatic rings. The standard InChI is InChI=1S/C22H21FN6O2.CH5N/c1-28-12-13-9-14(10-17(23)19(13)27-28)25-21(30)15-5-6-18(29-7-3-4-8-29)16-11-24-22(31-2)26-20(15)16;1-2/h5-6,9-12H,3-4,7-8H2,1-2H3,(H,25,30);2H2,1H3. The van der Waals surface area contributed by atoms with Crippen molar-refractivity contribution in [1.29, 1.82) is 0 Å². The van der Waals surface area contributed by atoms with Crippen molar-refractivity contribution in [3.8, 4) is 6.01 Å². The fraction of sp³-hybridized carbons (Fsp3) is 0.304. The molecule has 0 saturated carbocycles. The number of nitrogens with one attached hydrogen (secondary N) is 1. The van der Waals surface area contributed by atoms with Gasteiger partial charge in [0.2, 0.25) is 0 Å². The number of carbonyl (C=O) groups excluding carboxylic acids is 1. The number of aromatic nitrogens is 4. The van der Waals surface area contributed by atoms with Crippen LogP contribution in [0.3, 0.4) is 0 Å². The lowest BCUT2D eigenvalue weighted by Gasteiger charge is -2.20. The van der Waals surface area contributed by atoms with Crippen LogP contribution in [0.5, 0.6) is 6.01 Å². The second-order valence-electron chi connectivity index (χ2n) is 7.60. The number of fused-ring (bicyclic) bond motifs is 2. The van der Waals surface area contributed by atoms with E-state index < -0.39 is 5.82 Å². The van der Waals surface area contributed by atoms with Gasteiger partial charge in [0.05, 0.1) is 18.2 Å². The smallest absolute Gasteiger partial charge is 0.316 e. The molecule has 172 valence electrons. The van der Waals surface area contributed by atoms with Gasteiger partial charge in [-0.1, -0.05) is 0 Å². The van der Waals surface area contributed by atoms with Crippen LogP contribution in [0.15, 0.2) is 36.7 Å². The molecule has 1 saturated heterocycles. The molecule has 5 rings (SSSR count). The molecule has 1 fully saturated rings. The van der Waals surface area contributed by atoms with E-state index in [0.29, 0.717) is 22.2 Å². The van der Waals surface area contributed by atoms with E-state index in [-0.39, 0.29) is 17.4 Å². The number of benzene rings is 2. The first-order valence-corrected chi connectivity index (χ1v) is 10.6. The van der Waals surface area contributed by atoms with Gasteiger partial charge in [-0.15, -0.1) is 0 Å². The lowest BCUT2D eigenvalue weighted by Crippen LogP contribution is -2.19. The highest BCUT2D eigenvalue weighted by atomic mass is 19.1. The van der Waals surface area contributed by atoms with Crippen molar-refractivity contribution in [3.05, 3.63) is 48.0 Å². The average molecular weight is 452 g/mol. The van der Waals surface area contributed by atoms with Crippen molar-refractivity contribution in [1.82, 2.24) is 19.7 Å². The average Bonchev–Trinajstić information content (AvgIpc) is 3.49. The van der Waals surface area contributed by atoms with Gasteiger partial charge < -0.3 is 20.7 Å². The van der Waals surface area contributed by atoms with Crippen LogP contribution in [-0.4, -0.2) is 52.9 Å². The molecule has 4 aromatic rings. The molecule has 9 nitrogen and oxygen atoms in total. The third kappa shape index (κ3) is 4.29. The Morgan fingerprint density at radius 1 is 1.18 bits per heavy atom. The van der Waals surface area contributed by atoms with Gasteiger partial charge in [0, 0.05) is 54.7 Å². The zero-order valence-corrected chi connectivity index (χ0v) is 18.8. The molecule has 0 bridgehead atoms. The van der Waals surface area contributed by atoms with E-state index >= 15 is 0 Å². The quantitative estimate of drug-likeness (QED) is 0.490. The zero-order valence-electron chi connectivity index (χ0n) is 18.8. The molecule has 1 amide bonds. The topological polar surface area (TPSA) is 111 Å². The van der Waals surface area contributed by atoms with Gasteiger partial charge >= 0.3 is 6.01 Å². The van der Waals surface area contributed by atoms with Crippen LogP contribution in [0.25, 0.3) is 21.8 Å². The number of amides is 1. The number of anilines is 2. The number of carbonyl (C=O) groups is 1. The van der Waals surface area contributed by atoms with Crippen molar-refractivity contribution >= 4 is 39.1 Å². The maximum absolute atomic E-state index is 14.4. The number of aryl methyl sites for hydroxylation is 1. The van der Waals surface area contributed by atoms with Crippen LogP contribution >= 0.6 is 0 Å². The number of halogens is 1. The molecular weight excluding hydrogens is 425 g/mol. The number of hydrogen-bond donors (Lipinski definition) is 2. The molecule has 3 heterocycles. The molecule has 0 aliphatic carbocycles. The Labute approximate surface area is 190 Å². The zero-order chi connectivity index (χ0) is 23.5. The number of methoxy groups -OCH3 is 1. The van der Waals surface area contributed by atoms with Gasteiger partial charge in [0.15, 0.2) is 5.82 Å². The van der Waals surface area contributed by atoms with E-state index in [2.05, 4.69) is 31.0 Å². The maximum Gasteiger partial charge on any atom is 0.316 e. The van der Waals surface area contributed by atoms with Crippen molar-refractivity contribution in [2.45, 2.75) is 12.8 Å². The normalized spacial score (nSPS) is 13.2. The first-order chi connectivity index (χ1) is 16.0. The van der Waals surface area contributed by atoms with Crippen LogP contribution in [0.4, 0.5) is 15.8 Å². The lowest BCUT2D eigenvalue weighted by atomic mass is 10.1. The SMILES string of the molecule is CN.COc1ncc2c(N3CCCC3)ccc(C(=O)Nc3cc(F)c4nn(C)cc4c3)c2n1. The number of nitrogens with two attached hydrogens (primary N) is 1. The Kier molecular flexibility index (Phi) is 6.36. The highest BCUT2D eigenvalue weighted by Gasteiger charge is 2.21. The summed E-state index contributed by atoms with van der Waals surface area (Å²) in [4.78, 5) is 24.1. The highest BCUT2D eigenvalue weighted by Crippen LogP contribution is 2.32. The summed E-state index contributed by atoms with van der Waals surface area (Å²) in [6.07, 6.45) is 5.64. The van der Waals surface area contributed by atoms with Gasteiger partial charge in [-0.25, -0.2) is 9.37 Å². The third-order valence-electron chi connectivity index (χ3n) is 5.51. The van der Waals surface area contributed by atoms with E-state index in [9.17, 15) is 9.18 Å². The van der Waals surface area contributed by atoms with Gasteiger partial charge in [-0.05, 0) is 44.2 Å². The van der Waals surface area contributed by atoms with Crippen LogP contribution < -0.4 is 20.7 Å². The third-order valence-corrected chi connectivity index (χ3v) is 5.51. The Balaban J connectivity index is 0.00000126. The molecule has 0 spiro atoms. The monoisotopic (exact) mass is 451 g/mol.